The first-order valence-corrected chi connectivity index (χ1v) is 8.12. The number of para-hydroxylation sites is 1. The first-order chi connectivity index (χ1) is 10.1. The Morgan fingerprint density at radius 3 is 2.43 bits per heavy atom. The molecule has 3 nitrogen and oxygen atoms in total. The Morgan fingerprint density at radius 1 is 1.10 bits per heavy atom. The van der Waals surface area contributed by atoms with Gasteiger partial charge in [0.1, 0.15) is 0 Å². The zero-order chi connectivity index (χ0) is 15.2. The van der Waals surface area contributed by atoms with Crippen molar-refractivity contribution in [3.8, 4) is 0 Å². The van der Waals surface area contributed by atoms with Crippen LogP contribution < -0.4 is 5.32 Å². The number of hydrogen-bond acceptors (Lipinski definition) is 3. The van der Waals surface area contributed by atoms with Gasteiger partial charge in [0.2, 0.25) is 5.91 Å². The molecule has 0 aliphatic heterocycles. The number of amides is 1. The number of thioether (sulfide) groups is 1. The molecular weight excluding hydrogens is 350 g/mol. The molecule has 0 unspecified atom stereocenters. The van der Waals surface area contributed by atoms with Gasteiger partial charge in [-0.15, -0.1) is 11.8 Å². The molecule has 0 aliphatic rings. The SMILES string of the molecule is CC(=O)Nc1ccccc1SCC(=O)c1ccc(Br)cc1. The average molecular weight is 364 g/mol. The molecule has 0 saturated heterocycles. The van der Waals surface area contributed by atoms with Crippen molar-refractivity contribution in [1.29, 1.82) is 0 Å². The Morgan fingerprint density at radius 2 is 1.76 bits per heavy atom. The Hall–Kier alpha value is -1.59. The van der Waals surface area contributed by atoms with Crippen LogP contribution in [0.2, 0.25) is 0 Å². The summed E-state index contributed by atoms with van der Waals surface area (Å²) in [6, 6.07) is 14.8. The van der Waals surface area contributed by atoms with Crippen molar-refractivity contribution in [1.82, 2.24) is 0 Å². The highest BCUT2D eigenvalue weighted by atomic mass is 79.9. The summed E-state index contributed by atoms with van der Waals surface area (Å²) in [6.07, 6.45) is 0. The van der Waals surface area contributed by atoms with Gasteiger partial charge in [-0.3, -0.25) is 9.59 Å². The number of Topliss-reactive ketones (excluding diaryl/α,β-unsaturated/α-hetero) is 1. The van der Waals surface area contributed by atoms with Crippen LogP contribution in [-0.2, 0) is 4.79 Å². The van der Waals surface area contributed by atoms with E-state index in [2.05, 4.69) is 21.2 Å². The quantitative estimate of drug-likeness (QED) is 0.633. The van der Waals surface area contributed by atoms with E-state index in [-0.39, 0.29) is 11.7 Å². The van der Waals surface area contributed by atoms with E-state index in [9.17, 15) is 9.59 Å². The Labute approximate surface area is 136 Å². The highest BCUT2D eigenvalue weighted by Crippen LogP contribution is 2.27. The lowest BCUT2D eigenvalue weighted by Gasteiger charge is -2.09. The molecule has 0 heterocycles. The number of hydrogen-bond donors (Lipinski definition) is 1. The third kappa shape index (κ3) is 4.72. The Bertz CT molecular complexity index is 656. The smallest absolute Gasteiger partial charge is 0.221 e. The molecule has 1 N–H and O–H groups in total. The van der Waals surface area contributed by atoms with Crippen molar-refractivity contribution in [2.24, 2.45) is 0 Å². The summed E-state index contributed by atoms with van der Waals surface area (Å²) in [5.74, 6) is 0.269. The summed E-state index contributed by atoms with van der Waals surface area (Å²) >= 11 is 4.77. The van der Waals surface area contributed by atoms with E-state index in [0.29, 0.717) is 11.3 Å². The summed E-state index contributed by atoms with van der Waals surface area (Å²) in [5, 5.41) is 2.77. The van der Waals surface area contributed by atoms with Crippen molar-refractivity contribution in [2.75, 3.05) is 11.1 Å². The number of ketones is 1. The van der Waals surface area contributed by atoms with Crippen LogP contribution in [-0.4, -0.2) is 17.4 Å². The minimum atomic E-state index is -0.123. The van der Waals surface area contributed by atoms with Gasteiger partial charge in [-0.1, -0.05) is 40.2 Å². The van der Waals surface area contributed by atoms with Gasteiger partial charge in [0, 0.05) is 21.9 Å². The second-order valence-corrected chi connectivity index (χ2v) is 6.33. The van der Waals surface area contributed by atoms with Gasteiger partial charge in [-0.05, 0) is 24.3 Å². The van der Waals surface area contributed by atoms with E-state index >= 15 is 0 Å². The highest BCUT2D eigenvalue weighted by molar-refractivity contribution is 9.10. The molecule has 0 atom stereocenters. The summed E-state index contributed by atoms with van der Waals surface area (Å²) in [7, 11) is 0. The molecule has 0 saturated carbocycles. The number of benzene rings is 2. The molecule has 108 valence electrons. The summed E-state index contributed by atoms with van der Waals surface area (Å²) < 4.78 is 0.947. The predicted octanol–water partition coefficient (Wildman–Crippen LogP) is 4.38. The summed E-state index contributed by atoms with van der Waals surface area (Å²) in [6.45, 7) is 1.47. The zero-order valence-corrected chi connectivity index (χ0v) is 13.8. The third-order valence-corrected chi connectivity index (χ3v) is 4.32. The van der Waals surface area contributed by atoms with Gasteiger partial charge in [0.05, 0.1) is 11.4 Å². The standard InChI is InChI=1S/C16H14BrNO2S/c1-11(19)18-14-4-2-3-5-16(14)21-10-15(20)12-6-8-13(17)9-7-12/h2-9H,10H2,1H3,(H,18,19). The fraction of sp³-hybridized carbons (Fsp3) is 0.125. The molecule has 0 radical (unpaired) electrons. The van der Waals surface area contributed by atoms with Gasteiger partial charge in [0.15, 0.2) is 5.78 Å². The minimum Gasteiger partial charge on any atom is -0.325 e. The van der Waals surface area contributed by atoms with E-state index in [1.165, 1.54) is 18.7 Å². The number of rotatable bonds is 5. The first-order valence-electron chi connectivity index (χ1n) is 6.34. The average Bonchev–Trinajstić information content (AvgIpc) is 2.46. The van der Waals surface area contributed by atoms with E-state index in [1.54, 1.807) is 12.1 Å². The van der Waals surface area contributed by atoms with Gasteiger partial charge in [0.25, 0.3) is 0 Å². The Balaban J connectivity index is 2.04. The van der Waals surface area contributed by atoms with Crippen molar-refractivity contribution < 1.29 is 9.59 Å². The maximum atomic E-state index is 12.1. The molecule has 5 heteroatoms. The lowest BCUT2D eigenvalue weighted by molar-refractivity contribution is -0.114. The number of carbonyl (C=O) groups is 2. The van der Waals surface area contributed by atoms with E-state index in [1.807, 2.05) is 36.4 Å². The fourth-order valence-electron chi connectivity index (χ4n) is 1.75. The molecule has 0 bridgehead atoms. The number of anilines is 1. The summed E-state index contributed by atoms with van der Waals surface area (Å²) in [4.78, 5) is 24.2. The van der Waals surface area contributed by atoms with Crippen LogP contribution in [0.1, 0.15) is 17.3 Å². The number of nitrogens with one attached hydrogen (secondary N) is 1. The van der Waals surface area contributed by atoms with Gasteiger partial charge in [-0.25, -0.2) is 0 Å². The molecular formula is C16H14BrNO2S. The molecule has 1 amide bonds. The second kappa shape index (κ2) is 7.43. The van der Waals surface area contributed by atoms with Crippen LogP contribution in [0.5, 0.6) is 0 Å². The van der Waals surface area contributed by atoms with E-state index < -0.39 is 0 Å². The van der Waals surface area contributed by atoms with Crippen LogP contribution >= 0.6 is 27.7 Å². The molecule has 0 spiro atoms. The fourth-order valence-corrected chi connectivity index (χ4v) is 2.91. The van der Waals surface area contributed by atoms with Crippen molar-refractivity contribution in [3.63, 3.8) is 0 Å². The maximum Gasteiger partial charge on any atom is 0.221 e. The van der Waals surface area contributed by atoms with Crippen LogP contribution in [0.15, 0.2) is 57.9 Å². The zero-order valence-electron chi connectivity index (χ0n) is 11.4. The molecule has 2 rings (SSSR count). The van der Waals surface area contributed by atoms with Gasteiger partial charge >= 0.3 is 0 Å². The molecule has 0 aromatic heterocycles. The predicted molar refractivity (Wildman–Crippen MR) is 89.9 cm³/mol. The van der Waals surface area contributed by atoms with Gasteiger partial charge < -0.3 is 5.32 Å². The van der Waals surface area contributed by atoms with Crippen molar-refractivity contribution in [3.05, 3.63) is 58.6 Å². The number of carbonyl (C=O) groups excluding carboxylic acids is 2. The van der Waals surface area contributed by atoms with E-state index in [0.717, 1.165) is 15.1 Å². The van der Waals surface area contributed by atoms with Crippen molar-refractivity contribution in [2.45, 2.75) is 11.8 Å². The first kappa shape index (κ1) is 15.8. The lowest BCUT2D eigenvalue weighted by atomic mass is 10.2. The molecule has 0 fully saturated rings. The van der Waals surface area contributed by atoms with Gasteiger partial charge in [-0.2, -0.15) is 0 Å². The molecule has 21 heavy (non-hydrogen) atoms. The molecule has 0 aliphatic carbocycles. The number of halogens is 1. The van der Waals surface area contributed by atoms with Crippen LogP contribution in [0.4, 0.5) is 5.69 Å². The monoisotopic (exact) mass is 363 g/mol. The molecule has 2 aromatic carbocycles. The Kier molecular flexibility index (Phi) is 5.59. The summed E-state index contributed by atoms with van der Waals surface area (Å²) in [5.41, 5.74) is 1.42. The highest BCUT2D eigenvalue weighted by Gasteiger charge is 2.09. The third-order valence-electron chi connectivity index (χ3n) is 2.72. The van der Waals surface area contributed by atoms with E-state index in [4.69, 9.17) is 0 Å². The maximum absolute atomic E-state index is 12.1. The second-order valence-electron chi connectivity index (χ2n) is 4.40. The lowest BCUT2D eigenvalue weighted by Crippen LogP contribution is -2.07. The van der Waals surface area contributed by atoms with Crippen molar-refractivity contribution >= 4 is 45.1 Å². The largest absolute Gasteiger partial charge is 0.325 e. The minimum absolute atomic E-state index is 0.0603. The van der Waals surface area contributed by atoms with Crippen LogP contribution in [0, 0.1) is 0 Å². The molecule has 2 aromatic rings. The normalized spacial score (nSPS) is 10.2. The van der Waals surface area contributed by atoms with Crippen LogP contribution in [0.25, 0.3) is 0 Å². The van der Waals surface area contributed by atoms with Crippen LogP contribution in [0.3, 0.4) is 0 Å². The topological polar surface area (TPSA) is 46.2 Å².